The lowest BCUT2D eigenvalue weighted by atomic mass is 9.97. The molecule has 1 aliphatic heterocycles. The molecule has 0 aromatic heterocycles. The molecule has 3 aromatic rings. The normalized spacial score (nSPS) is 16.3. The highest BCUT2D eigenvalue weighted by Crippen LogP contribution is 2.37. The molecule has 0 spiro atoms. The van der Waals surface area contributed by atoms with Crippen molar-refractivity contribution in [1.82, 2.24) is 4.90 Å². The van der Waals surface area contributed by atoms with Gasteiger partial charge in [-0.05, 0) is 47.4 Å². The van der Waals surface area contributed by atoms with Gasteiger partial charge >= 0.3 is 0 Å². The van der Waals surface area contributed by atoms with Crippen molar-refractivity contribution in [2.45, 2.75) is 18.9 Å². The standard InChI is InChI=1S/C23H22N2O3/c24-22(26)15-28-18-9-3-8-17(14-18)23(27)25-13-5-12-21(25)20-11-4-7-16-6-1-2-10-19(16)20/h1-4,6-11,14,21H,5,12-13,15H2,(H2,24,26)/t21-/m0/s1. The fourth-order valence-electron chi connectivity index (χ4n) is 3.91. The number of nitrogens with zero attached hydrogens (tertiary/aromatic N) is 1. The number of hydrogen-bond donors (Lipinski definition) is 1. The summed E-state index contributed by atoms with van der Waals surface area (Å²) in [5, 5.41) is 2.37. The molecule has 28 heavy (non-hydrogen) atoms. The molecule has 0 aliphatic carbocycles. The first-order chi connectivity index (χ1) is 13.6. The van der Waals surface area contributed by atoms with Crippen molar-refractivity contribution in [3.05, 3.63) is 77.9 Å². The highest BCUT2D eigenvalue weighted by atomic mass is 16.5. The third-order valence-electron chi connectivity index (χ3n) is 5.16. The highest BCUT2D eigenvalue weighted by Gasteiger charge is 2.31. The zero-order valence-corrected chi connectivity index (χ0v) is 15.5. The number of amides is 2. The van der Waals surface area contributed by atoms with Crippen molar-refractivity contribution < 1.29 is 14.3 Å². The molecule has 1 aliphatic rings. The minimum atomic E-state index is -0.549. The molecule has 4 rings (SSSR count). The number of hydrogen-bond acceptors (Lipinski definition) is 3. The van der Waals surface area contributed by atoms with Gasteiger partial charge in [0.05, 0.1) is 6.04 Å². The van der Waals surface area contributed by atoms with Gasteiger partial charge in [-0.3, -0.25) is 9.59 Å². The SMILES string of the molecule is NC(=O)COc1cccc(C(=O)N2CCC[C@H]2c2cccc3ccccc23)c1. The van der Waals surface area contributed by atoms with Crippen LogP contribution in [0.15, 0.2) is 66.7 Å². The first kappa shape index (κ1) is 18.0. The van der Waals surface area contributed by atoms with Gasteiger partial charge < -0.3 is 15.4 Å². The van der Waals surface area contributed by atoms with E-state index in [1.807, 2.05) is 17.0 Å². The van der Waals surface area contributed by atoms with E-state index in [2.05, 4.69) is 30.3 Å². The fraction of sp³-hybridized carbons (Fsp3) is 0.217. The number of fused-ring (bicyclic) bond motifs is 1. The molecule has 5 heteroatoms. The Balaban J connectivity index is 1.62. The minimum absolute atomic E-state index is 0.0278. The average molecular weight is 374 g/mol. The topological polar surface area (TPSA) is 72.6 Å². The van der Waals surface area contributed by atoms with Crippen LogP contribution in [0.1, 0.15) is 34.8 Å². The molecule has 3 aromatic carbocycles. The first-order valence-electron chi connectivity index (χ1n) is 9.43. The van der Waals surface area contributed by atoms with Crippen LogP contribution in [0.4, 0.5) is 0 Å². The zero-order chi connectivity index (χ0) is 19.5. The van der Waals surface area contributed by atoms with Crippen molar-refractivity contribution in [3.8, 4) is 5.75 Å². The van der Waals surface area contributed by atoms with Gasteiger partial charge in [0.15, 0.2) is 6.61 Å². The van der Waals surface area contributed by atoms with E-state index in [4.69, 9.17) is 10.5 Å². The molecule has 142 valence electrons. The van der Waals surface area contributed by atoms with Gasteiger partial charge in [-0.2, -0.15) is 0 Å². The predicted octanol–water partition coefficient (Wildman–Crippen LogP) is 3.68. The van der Waals surface area contributed by atoms with E-state index in [9.17, 15) is 9.59 Å². The van der Waals surface area contributed by atoms with Crippen molar-refractivity contribution in [1.29, 1.82) is 0 Å². The first-order valence-corrected chi connectivity index (χ1v) is 9.43. The maximum atomic E-state index is 13.2. The molecule has 2 amide bonds. The Morgan fingerprint density at radius 3 is 2.68 bits per heavy atom. The van der Waals surface area contributed by atoms with Gasteiger partial charge in [0, 0.05) is 12.1 Å². The van der Waals surface area contributed by atoms with Crippen LogP contribution in [0.25, 0.3) is 10.8 Å². The van der Waals surface area contributed by atoms with Crippen LogP contribution >= 0.6 is 0 Å². The Labute approximate surface area is 163 Å². The van der Waals surface area contributed by atoms with E-state index in [0.717, 1.165) is 19.4 Å². The van der Waals surface area contributed by atoms with Gasteiger partial charge in [-0.25, -0.2) is 0 Å². The van der Waals surface area contributed by atoms with Gasteiger partial charge in [0.2, 0.25) is 0 Å². The lowest BCUT2D eigenvalue weighted by molar-refractivity contribution is -0.119. The number of primary amides is 1. The van der Waals surface area contributed by atoms with Crippen LogP contribution in [0.5, 0.6) is 5.75 Å². The molecule has 2 N–H and O–H groups in total. The van der Waals surface area contributed by atoms with Gasteiger partial charge in [-0.15, -0.1) is 0 Å². The number of carbonyl (C=O) groups is 2. The van der Waals surface area contributed by atoms with Crippen molar-refractivity contribution >= 4 is 22.6 Å². The molecule has 0 bridgehead atoms. The number of benzene rings is 3. The van der Waals surface area contributed by atoms with Crippen molar-refractivity contribution in [2.75, 3.05) is 13.2 Å². The van der Waals surface area contributed by atoms with Crippen LogP contribution < -0.4 is 10.5 Å². The molecule has 1 heterocycles. The highest BCUT2D eigenvalue weighted by molar-refractivity contribution is 5.96. The summed E-state index contributed by atoms with van der Waals surface area (Å²) in [5.41, 5.74) is 6.86. The summed E-state index contributed by atoms with van der Waals surface area (Å²) in [6.45, 7) is 0.513. The van der Waals surface area contributed by atoms with E-state index in [1.165, 1.54) is 16.3 Å². The molecular formula is C23H22N2O3. The predicted molar refractivity (Wildman–Crippen MR) is 108 cm³/mol. The summed E-state index contributed by atoms with van der Waals surface area (Å²) in [7, 11) is 0. The monoisotopic (exact) mass is 374 g/mol. The summed E-state index contributed by atoms with van der Waals surface area (Å²) < 4.78 is 5.34. The van der Waals surface area contributed by atoms with E-state index in [-0.39, 0.29) is 18.6 Å². The molecule has 1 fully saturated rings. The minimum Gasteiger partial charge on any atom is -0.484 e. The largest absolute Gasteiger partial charge is 0.484 e. The van der Waals surface area contributed by atoms with E-state index in [1.54, 1.807) is 24.3 Å². The second-order valence-corrected chi connectivity index (χ2v) is 7.01. The van der Waals surface area contributed by atoms with Crippen LogP contribution in [-0.2, 0) is 4.79 Å². The second-order valence-electron chi connectivity index (χ2n) is 7.01. The smallest absolute Gasteiger partial charge is 0.255 e. The van der Waals surface area contributed by atoms with Crippen molar-refractivity contribution in [2.24, 2.45) is 5.73 Å². The van der Waals surface area contributed by atoms with Crippen LogP contribution in [0.3, 0.4) is 0 Å². The summed E-state index contributed by atoms with van der Waals surface area (Å²) >= 11 is 0. The number of nitrogens with two attached hydrogens (primary N) is 1. The van der Waals surface area contributed by atoms with E-state index < -0.39 is 5.91 Å². The quantitative estimate of drug-likeness (QED) is 0.740. The summed E-state index contributed by atoms with van der Waals surface area (Å²) in [6.07, 6.45) is 1.91. The Kier molecular flexibility index (Phi) is 4.98. The molecule has 1 atom stereocenters. The van der Waals surface area contributed by atoms with Crippen LogP contribution in [0, 0.1) is 0 Å². The second kappa shape index (κ2) is 7.72. The lowest BCUT2D eigenvalue weighted by Crippen LogP contribution is -2.30. The maximum absolute atomic E-state index is 13.2. The molecular weight excluding hydrogens is 352 g/mol. The third-order valence-corrected chi connectivity index (χ3v) is 5.16. The average Bonchev–Trinajstić information content (AvgIpc) is 3.21. The zero-order valence-electron chi connectivity index (χ0n) is 15.5. The number of carbonyl (C=O) groups excluding carboxylic acids is 2. The summed E-state index contributed by atoms with van der Waals surface area (Å²) in [6, 6.07) is 21.5. The Hall–Kier alpha value is -3.34. The Bertz CT molecular complexity index is 1030. The Morgan fingerprint density at radius 2 is 1.82 bits per heavy atom. The molecule has 1 saturated heterocycles. The number of likely N-dealkylation sites (tertiary alicyclic amines) is 1. The third kappa shape index (κ3) is 3.56. The van der Waals surface area contributed by atoms with E-state index >= 15 is 0 Å². The summed E-state index contributed by atoms with van der Waals surface area (Å²) in [5.74, 6) is -0.113. The molecule has 0 radical (unpaired) electrons. The van der Waals surface area contributed by atoms with Gasteiger partial charge in [0.25, 0.3) is 11.8 Å². The number of rotatable bonds is 5. The van der Waals surface area contributed by atoms with E-state index in [0.29, 0.717) is 11.3 Å². The molecule has 0 unspecified atom stereocenters. The van der Waals surface area contributed by atoms with Crippen LogP contribution in [-0.4, -0.2) is 29.9 Å². The van der Waals surface area contributed by atoms with Gasteiger partial charge in [0.1, 0.15) is 5.75 Å². The molecule has 0 saturated carbocycles. The fourth-order valence-corrected chi connectivity index (χ4v) is 3.91. The summed E-state index contributed by atoms with van der Waals surface area (Å²) in [4.78, 5) is 26.1. The maximum Gasteiger partial charge on any atom is 0.255 e. The Morgan fingerprint density at radius 1 is 1.04 bits per heavy atom. The van der Waals surface area contributed by atoms with Crippen molar-refractivity contribution in [3.63, 3.8) is 0 Å². The lowest BCUT2D eigenvalue weighted by Gasteiger charge is -2.26. The van der Waals surface area contributed by atoms with Crippen LogP contribution in [0.2, 0.25) is 0 Å². The molecule has 5 nitrogen and oxygen atoms in total. The van der Waals surface area contributed by atoms with Gasteiger partial charge in [-0.1, -0.05) is 48.5 Å². The number of ether oxygens (including phenoxy) is 1.